The Morgan fingerprint density at radius 3 is 1.05 bits per heavy atom. The van der Waals surface area contributed by atoms with Crippen molar-refractivity contribution in [3.05, 3.63) is 0 Å². The molecule has 1 N–H and O–H groups in total. The summed E-state index contributed by atoms with van der Waals surface area (Å²) in [5, 5.41) is 0. The molecule has 0 spiro atoms. The van der Waals surface area contributed by atoms with Crippen molar-refractivity contribution >= 4 is 6.83 Å². The first-order valence-electron chi connectivity index (χ1n) is 10.1. The van der Waals surface area contributed by atoms with Crippen molar-refractivity contribution in [3.8, 4) is 0 Å². The predicted octanol–water partition coefficient (Wildman–Crippen LogP) is 7.21. The van der Waals surface area contributed by atoms with Crippen LogP contribution < -0.4 is 0 Å². The number of hydrogen-bond donors (Lipinski definition) is 1. The Labute approximate surface area is 141 Å². The molecule has 0 aromatic rings. The van der Waals surface area contributed by atoms with E-state index < -0.39 is 6.83 Å². The summed E-state index contributed by atoms with van der Waals surface area (Å²) < 4.78 is 0. The molecule has 0 saturated heterocycles. The Bertz CT molecular complexity index is 233. The van der Waals surface area contributed by atoms with E-state index in [2.05, 4.69) is 26.9 Å². The first kappa shape index (κ1) is 22.4. The normalized spacial score (nSPS) is 14.0. The second-order valence-electron chi connectivity index (χ2n) is 8.71. The van der Waals surface area contributed by atoms with Crippen molar-refractivity contribution in [1.29, 1.82) is 0 Å². The van der Waals surface area contributed by atoms with Crippen molar-refractivity contribution in [2.24, 2.45) is 0 Å². The Kier molecular flexibility index (Phi) is 13.0. The van der Waals surface area contributed by atoms with Gasteiger partial charge in [0.25, 0.3) is 0 Å². The van der Waals surface area contributed by atoms with E-state index in [0.717, 1.165) is 6.16 Å². The average molecular weight is 333 g/mol. The van der Waals surface area contributed by atoms with Gasteiger partial charge in [0, 0.05) is 0 Å². The molecule has 0 aliphatic carbocycles. The first-order valence-corrected chi connectivity index (χ1v) is 13.8. The molecule has 0 aliphatic rings. The van der Waals surface area contributed by atoms with Crippen LogP contribution in [-0.4, -0.2) is 31.0 Å². The van der Waals surface area contributed by atoms with E-state index in [9.17, 15) is 4.89 Å². The molecule has 0 bridgehead atoms. The van der Waals surface area contributed by atoms with Gasteiger partial charge in [-0.2, -0.15) is 0 Å². The maximum atomic E-state index is 10.2. The van der Waals surface area contributed by atoms with E-state index in [1.807, 2.05) is 0 Å². The first-order chi connectivity index (χ1) is 10.3. The molecule has 0 rings (SSSR count). The summed E-state index contributed by atoms with van der Waals surface area (Å²) in [7, 11) is 0. The van der Waals surface area contributed by atoms with Crippen LogP contribution in [0.25, 0.3) is 0 Å². The minimum atomic E-state index is -2.22. The Balaban J connectivity index is 3.09. The maximum absolute atomic E-state index is 10.2. The zero-order valence-electron chi connectivity index (χ0n) is 16.2. The molecule has 0 aliphatic heterocycles. The Morgan fingerprint density at radius 2 is 0.773 bits per heavy atom. The third-order valence-corrected chi connectivity index (χ3v) is 6.39. The molecule has 0 atom stereocenters. The van der Waals surface area contributed by atoms with Gasteiger partial charge in [-0.15, -0.1) is 0 Å². The standard InChI is InChI=1S/C20H45OP/c1-5-6-7-8-9-10-11-12-13-14-15-16-17-18-19-20-22(2,3,4)21/h21H,5-20H2,1-4H3. The van der Waals surface area contributed by atoms with Gasteiger partial charge in [0.2, 0.25) is 0 Å². The topological polar surface area (TPSA) is 20.2 Å². The van der Waals surface area contributed by atoms with Crippen LogP contribution in [0.3, 0.4) is 0 Å². The zero-order chi connectivity index (χ0) is 16.8. The van der Waals surface area contributed by atoms with Gasteiger partial charge in [-0.25, -0.2) is 0 Å². The SMILES string of the molecule is CCCCCCCCCCCCCCCCCP(C)(C)(C)O. The molecule has 0 amide bonds. The molecular formula is C20H45OP. The van der Waals surface area contributed by atoms with Crippen LogP contribution in [0.1, 0.15) is 103 Å². The van der Waals surface area contributed by atoms with Crippen LogP contribution in [0.5, 0.6) is 0 Å². The molecule has 0 unspecified atom stereocenters. The van der Waals surface area contributed by atoms with Gasteiger partial charge in [-0.1, -0.05) is 32.6 Å². The number of hydrogen-bond acceptors (Lipinski definition) is 1. The summed E-state index contributed by atoms with van der Waals surface area (Å²) in [5.41, 5.74) is 0. The van der Waals surface area contributed by atoms with Crippen molar-refractivity contribution in [2.75, 3.05) is 26.2 Å². The Morgan fingerprint density at radius 1 is 0.500 bits per heavy atom. The van der Waals surface area contributed by atoms with E-state index in [4.69, 9.17) is 0 Å². The molecule has 1 nitrogen and oxygen atoms in total. The van der Waals surface area contributed by atoms with Gasteiger partial charge < -0.3 is 0 Å². The van der Waals surface area contributed by atoms with E-state index in [1.54, 1.807) is 0 Å². The number of rotatable bonds is 16. The molecular weight excluding hydrogens is 287 g/mol. The van der Waals surface area contributed by atoms with Gasteiger partial charge in [-0.05, 0) is 0 Å². The quantitative estimate of drug-likeness (QED) is 0.234. The second kappa shape index (κ2) is 12.8. The van der Waals surface area contributed by atoms with Gasteiger partial charge in [0.1, 0.15) is 0 Å². The summed E-state index contributed by atoms with van der Waals surface area (Å²) in [6.07, 6.45) is 22.2. The molecule has 136 valence electrons. The fourth-order valence-electron chi connectivity index (χ4n) is 3.03. The van der Waals surface area contributed by atoms with E-state index >= 15 is 0 Å². The summed E-state index contributed by atoms with van der Waals surface area (Å²) in [4.78, 5) is 10.2. The Hall–Kier alpha value is 0.390. The molecule has 0 fully saturated rings. The molecule has 0 saturated carbocycles. The average Bonchev–Trinajstić information content (AvgIpc) is 2.41. The predicted molar refractivity (Wildman–Crippen MR) is 107 cm³/mol. The summed E-state index contributed by atoms with van der Waals surface area (Å²) in [5.74, 6) is 0. The summed E-state index contributed by atoms with van der Waals surface area (Å²) in [6.45, 7) is 6.26. The molecule has 0 radical (unpaired) electrons. The second-order valence-corrected chi connectivity index (χ2v) is 15.2. The fraction of sp³-hybridized carbons (Fsp3) is 1.00. The molecule has 0 aromatic carbocycles. The van der Waals surface area contributed by atoms with Gasteiger partial charge in [-0.3, -0.25) is 0 Å². The summed E-state index contributed by atoms with van der Waals surface area (Å²) >= 11 is 0. The van der Waals surface area contributed by atoms with E-state index in [0.29, 0.717) is 0 Å². The van der Waals surface area contributed by atoms with E-state index in [1.165, 1.54) is 96.3 Å². The van der Waals surface area contributed by atoms with Gasteiger partial charge >= 0.3 is 109 Å². The number of unbranched alkanes of at least 4 members (excludes halogenated alkanes) is 14. The van der Waals surface area contributed by atoms with Crippen LogP contribution >= 0.6 is 6.83 Å². The molecule has 22 heavy (non-hydrogen) atoms. The van der Waals surface area contributed by atoms with Crippen LogP contribution in [0.2, 0.25) is 0 Å². The third kappa shape index (κ3) is 20.4. The van der Waals surface area contributed by atoms with Gasteiger partial charge in [0.15, 0.2) is 0 Å². The molecule has 0 heterocycles. The van der Waals surface area contributed by atoms with Crippen molar-refractivity contribution in [2.45, 2.75) is 103 Å². The van der Waals surface area contributed by atoms with Crippen molar-refractivity contribution in [3.63, 3.8) is 0 Å². The molecule has 0 aromatic heterocycles. The molecule has 2 heteroatoms. The van der Waals surface area contributed by atoms with Crippen LogP contribution in [0.15, 0.2) is 0 Å². The summed E-state index contributed by atoms with van der Waals surface area (Å²) in [6, 6.07) is 0. The van der Waals surface area contributed by atoms with Crippen molar-refractivity contribution < 1.29 is 4.89 Å². The van der Waals surface area contributed by atoms with Crippen LogP contribution in [-0.2, 0) is 0 Å². The fourth-order valence-corrected chi connectivity index (χ4v) is 4.34. The van der Waals surface area contributed by atoms with Crippen LogP contribution in [0, 0.1) is 0 Å². The minimum absolute atomic E-state index is 1.05. The van der Waals surface area contributed by atoms with Crippen molar-refractivity contribution in [1.82, 2.24) is 0 Å². The zero-order valence-corrected chi connectivity index (χ0v) is 17.1. The van der Waals surface area contributed by atoms with Gasteiger partial charge in [0.05, 0.1) is 0 Å². The third-order valence-electron chi connectivity index (χ3n) is 4.53. The van der Waals surface area contributed by atoms with Crippen LogP contribution in [0.4, 0.5) is 0 Å². The van der Waals surface area contributed by atoms with E-state index in [-0.39, 0.29) is 0 Å². The monoisotopic (exact) mass is 332 g/mol.